The van der Waals surface area contributed by atoms with Crippen LogP contribution in [-0.2, 0) is 4.79 Å². The molecule has 3 aliphatic rings. The maximum atomic E-state index is 11.2. The Bertz CT molecular complexity index is 1090. The molecule has 1 aliphatic carbocycles. The molecule has 2 atom stereocenters. The quantitative estimate of drug-likeness (QED) is 0.469. The van der Waals surface area contributed by atoms with Gasteiger partial charge in [0.15, 0.2) is 0 Å². The van der Waals surface area contributed by atoms with Crippen molar-refractivity contribution in [1.82, 2.24) is 14.9 Å². The summed E-state index contributed by atoms with van der Waals surface area (Å²) in [5.74, 6) is 2.06. The first-order chi connectivity index (χ1) is 16.8. The smallest absolute Gasteiger partial charge is 0.306 e. The molecule has 0 bridgehead atoms. The van der Waals surface area contributed by atoms with Gasteiger partial charge in [0.2, 0.25) is 5.95 Å². The minimum Gasteiger partial charge on any atom is -0.481 e. The molecular weight excluding hydrogens is 530 g/mol. The molecule has 0 radical (unpaired) electrons. The highest BCUT2D eigenvalue weighted by Gasteiger charge is 2.42. The predicted molar refractivity (Wildman–Crippen MR) is 142 cm³/mol. The second-order valence-corrected chi connectivity index (χ2v) is 11.7. The van der Waals surface area contributed by atoms with E-state index in [0.29, 0.717) is 17.9 Å². The van der Waals surface area contributed by atoms with Crippen LogP contribution in [0.3, 0.4) is 0 Å². The molecule has 2 N–H and O–H groups in total. The van der Waals surface area contributed by atoms with Crippen molar-refractivity contribution in [3.05, 3.63) is 45.0 Å². The van der Waals surface area contributed by atoms with Gasteiger partial charge in [-0.3, -0.25) is 4.79 Å². The molecule has 2 unspecified atom stereocenters. The van der Waals surface area contributed by atoms with E-state index in [1.165, 1.54) is 12.8 Å². The number of aromatic nitrogens is 2. The third kappa shape index (κ3) is 5.30. The van der Waals surface area contributed by atoms with Crippen LogP contribution < -0.4 is 10.2 Å². The molecule has 2 aromatic rings. The maximum absolute atomic E-state index is 11.2. The van der Waals surface area contributed by atoms with Crippen molar-refractivity contribution in [1.29, 1.82) is 0 Å². The van der Waals surface area contributed by atoms with Crippen molar-refractivity contribution in [2.24, 2.45) is 17.8 Å². The molecule has 9 heteroatoms. The van der Waals surface area contributed by atoms with E-state index in [0.717, 1.165) is 71.4 Å². The van der Waals surface area contributed by atoms with Gasteiger partial charge in [0.1, 0.15) is 5.82 Å². The van der Waals surface area contributed by atoms with Crippen LogP contribution in [0.2, 0.25) is 5.02 Å². The lowest BCUT2D eigenvalue weighted by molar-refractivity contribution is -0.147. The summed E-state index contributed by atoms with van der Waals surface area (Å²) in [4.78, 5) is 25.4. The third-order valence-electron chi connectivity index (χ3n) is 8.03. The van der Waals surface area contributed by atoms with Crippen molar-refractivity contribution in [3.63, 3.8) is 0 Å². The monoisotopic (exact) mass is 561 g/mol. The van der Waals surface area contributed by atoms with Crippen molar-refractivity contribution in [3.8, 4) is 0 Å². The molecule has 1 saturated carbocycles. The minimum atomic E-state index is -0.635. The highest BCUT2D eigenvalue weighted by molar-refractivity contribution is 9.10. The van der Waals surface area contributed by atoms with Gasteiger partial charge in [-0.1, -0.05) is 23.7 Å². The second kappa shape index (κ2) is 10.2. The van der Waals surface area contributed by atoms with Crippen LogP contribution in [0, 0.1) is 24.7 Å². The minimum absolute atomic E-state index is 0.00624. The van der Waals surface area contributed by atoms with Crippen LogP contribution in [0.1, 0.15) is 49.8 Å². The lowest BCUT2D eigenvalue weighted by atomic mass is 9.76. The maximum Gasteiger partial charge on any atom is 0.306 e. The van der Waals surface area contributed by atoms with Gasteiger partial charge in [-0.2, -0.15) is 4.98 Å². The number of nitrogens with zero attached hydrogens (tertiary/aromatic N) is 4. The molecule has 3 heterocycles. The summed E-state index contributed by atoms with van der Waals surface area (Å²) < 4.78 is 0.830. The topological polar surface area (TPSA) is 81.6 Å². The zero-order valence-corrected chi connectivity index (χ0v) is 22.6. The fraction of sp³-hybridized carbons (Fsp3) is 0.577. The summed E-state index contributed by atoms with van der Waals surface area (Å²) in [5, 5.41) is 13.4. The molecular formula is C26H33BrClN5O2. The SMILES string of the molecule is Cc1ccc(C(C)Nc2nc(N3CC(C4CCCN(C5CC(C(=O)O)C5)C4)C3)ncc2Br)c(Cl)c1. The number of hydrogen-bond acceptors (Lipinski definition) is 6. The molecule has 3 fully saturated rings. The van der Waals surface area contributed by atoms with E-state index in [1.807, 2.05) is 19.2 Å². The van der Waals surface area contributed by atoms with Crippen molar-refractivity contribution in [2.45, 2.75) is 51.6 Å². The van der Waals surface area contributed by atoms with Crippen LogP contribution >= 0.6 is 27.5 Å². The van der Waals surface area contributed by atoms with Gasteiger partial charge in [-0.15, -0.1) is 0 Å². The Kier molecular flexibility index (Phi) is 7.24. The van der Waals surface area contributed by atoms with E-state index in [4.69, 9.17) is 16.6 Å². The lowest BCUT2D eigenvalue weighted by Crippen LogP contribution is -2.56. The number of piperidine rings is 1. The first-order valence-electron chi connectivity index (χ1n) is 12.6. The number of halogens is 2. The zero-order chi connectivity index (χ0) is 24.7. The number of carbonyl (C=O) groups is 1. The standard InChI is InChI=1S/C26H33BrClN5O2/c1-15-5-6-21(23(28)8-15)16(2)30-24-22(27)11-29-26(31-24)33-13-19(14-33)17-4-3-7-32(12-17)20-9-18(10-20)25(34)35/h5-6,8,11,16-20H,3-4,7,9-10,12-14H2,1-2H3,(H,34,35)(H,29,30,31). The van der Waals surface area contributed by atoms with Crippen molar-refractivity contribution in [2.75, 3.05) is 36.4 Å². The number of rotatable bonds is 7. The molecule has 2 saturated heterocycles. The molecule has 5 rings (SSSR count). The molecule has 7 nitrogen and oxygen atoms in total. The van der Waals surface area contributed by atoms with Crippen LogP contribution in [0.25, 0.3) is 0 Å². The fourth-order valence-corrected chi connectivity index (χ4v) is 6.40. The van der Waals surface area contributed by atoms with Crippen LogP contribution in [-0.4, -0.2) is 58.2 Å². The Hall–Kier alpha value is -1.90. The number of likely N-dealkylation sites (tertiary alicyclic amines) is 1. The highest BCUT2D eigenvalue weighted by Crippen LogP contribution is 2.38. The highest BCUT2D eigenvalue weighted by atomic mass is 79.9. The Labute approximate surface area is 220 Å². The third-order valence-corrected chi connectivity index (χ3v) is 8.94. The number of anilines is 2. The lowest BCUT2D eigenvalue weighted by Gasteiger charge is -2.50. The zero-order valence-electron chi connectivity index (χ0n) is 20.3. The van der Waals surface area contributed by atoms with Gasteiger partial charge in [0.05, 0.1) is 16.4 Å². The Morgan fingerprint density at radius 1 is 1.26 bits per heavy atom. The van der Waals surface area contributed by atoms with Crippen LogP contribution in [0.4, 0.5) is 11.8 Å². The number of hydrogen-bond donors (Lipinski definition) is 2. The first kappa shape index (κ1) is 24.8. The van der Waals surface area contributed by atoms with E-state index in [1.54, 1.807) is 0 Å². The first-order valence-corrected chi connectivity index (χ1v) is 13.7. The summed E-state index contributed by atoms with van der Waals surface area (Å²) in [6.45, 7) is 8.27. The summed E-state index contributed by atoms with van der Waals surface area (Å²) in [7, 11) is 0. The number of aryl methyl sites for hydroxylation is 1. The van der Waals surface area contributed by atoms with E-state index >= 15 is 0 Å². The molecule has 1 aromatic carbocycles. The average Bonchev–Trinajstić information content (AvgIpc) is 2.74. The second-order valence-electron chi connectivity index (χ2n) is 10.5. The molecule has 0 spiro atoms. The van der Waals surface area contributed by atoms with Gasteiger partial charge in [-0.25, -0.2) is 4.98 Å². The molecule has 188 valence electrons. The largest absolute Gasteiger partial charge is 0.481 e. The number of benzene rings is 1. The van der Waals surface area contributed by atoms with Gasteiger partial charge in [-0.05, 0) is 91.0 Å². The van der Waals surface area contributed by atoms with Gasteiger partial charge in [0, 0.05) is 36.9 Å². The fourth-order valence-electron chi connectivity index (χ4n) is 5.70. The Morgan fingerprint density at radius 3 is 2.74 bits per heavy atom. The van der Waals surface area contributed by atoms with Crippen molar-refractivity contribution >= 4 is 45.3 Å². The molecule has 0 amide bonds. The number of aliphatic carboxylic acids is 1. The normalized spacial score (nSPS) is 26.1. The van der Waals surface area contributed by atoms with E-state index in [9.17, 15) is 9.90 Å². The van der Waals surface area contributed by atoms with Gasteiger partial charge in [0.25, 0.3) is 0 Å². The summed E-state index contributed by atoms with van der Waals surface area (Å²) in [5.41, 5.74) is 2.18. The number of carboxylic acid groups (broad SMARTS) is 1. The molecule has 35 heavy (non-hydrogen) atoms. The van der Waals surface area contributed by atoms with E-state index < -0.39 is 5.97 Å². The summed E-state index contributed by atoms with van der Waals surface area (Å²) in [6.07, 6.45) is 5.91. The van der Waals surface area contributed by atoms with Crippen LogP contribution in [0.5, 0.6) is 0 Å². The van der Waals surface area contributed by atoms with Gasteiger partial charge < -0.3 is 20.2 Å². The molecule has 1 aromatic heterocycles. The van der Waals surface area contributed by atoms with Crippen molar-refractivity contribution < 1.29 is 9.90 Å². The van der Waals surface area contributed by atoms with E-state index in [-0.39, 0.29) is 12.0 Å². The summed E-state index contributed by atoms with van der Waals surface area (Å²) in [6, 6.07) is 6.58. The average molecular weight is 563 g/mol. The number of carboxylic acids is 1. The Balaban J connectivity index is 1.17. The van der Waals surface area contributed by atoms with Crippen LogP contribution in [0.15, 0.2) is 28.9 Å². The van der Waals surface area contributed by atoms with E-state index in [2.05, 4.69) is 55.1 Å². The molecule has 2 aliphatic heterocycles. The van der Waals surface area contributed by atoms with Gasteiger partial charge >= 0.3 is 5.97 Å². The number of nitrogens with one attached hydrogen (secondary N) is 1. The summed E-state index contributed by atoms with van der Waals surface area (Å²) >= 11 is 10.1. The predicted octanol–water partition coefficient (Wildman–Crippen LogP) is 5.39. The Morgan fingerprint density at radius 2 is 2.03 bits per heavy atom.